The topological polar surface area (TPSA) is 136 Å². The highest BCUT2D eigenvalue weighted by molar-refractivity contribution is 5.92. The number of benzene rings is 2. The van der Waals surface area contributed by atoms with E-state index in [1.807, 2.05) is 48.5 Å². The van der Waals surface area contributed by atoms with E-state index in [2.05, 4.69) is 62.6 Å². The fourth-order valence-corrected chi connectivity index (χ4v) is 20.0. The second-order valence-electron chi connectivity index (χ2n) is 27.2. The van der Waals surface area contributed by atoms with Crippen molar-refractivity contribution in [3.8, 4) is 0 Å². The Hall–Kier alpha value is -4.34. The van der Waals surface area contributed by atoms with Gasteiger partial charge in [0.25, 0.3) is 0 Å². The van der Waals surface area contributed by atoms with Crippen molar-refractivity contribution in [3.63, 3.8) is 0 Å². The SMILES string of the molecule is C[C@@H]1CCC(=O)N/N=C/c2ccc(cc2)C(=O)O[C@@H]2CC[C@@]3(C)[C@H](CC[C@@H]4[C@@H]3CC[C@]3(C)[C@H](CC[C@@H]43)[C@H](C)CCC(=O)N/N=C/c3ccc(cc3)C(=O)O[C@@H]3CC[C@@]4(C)[C@H](CC[C@@H]5[C@@H]4CC[C@]4(C)[C@@H]1CC[C@@H]54)C3)C2. The fourth-order valence-electron chi connectivity index (χ4n) is 20.0. The van der Waals surface area contributed by atoms with Gasteiger partial charge in [0.15, 0.2) is 0 Å². The zero-order chi connectivity index (χ0) is 51.6. The third kappa shape index (κ3) is 9.53. The number of amides is 2. The van der Waals surface area contributed by atoms with Crippen molar-refractivity contribution >= 4 is 36.2 Å². The smallest absolute Gasteiger partial charge is 0.338 e. The van der Waals surface area contributed by atoms with E-state index in [0.29, 0.717) is 82.1 Å². The minimum Gasteiger partial charge on any atom is -0.459 e. The normalized spacial score (nSPS) is 44.7. The van der Waals surface area contributed by atoms with Gasteiger partial charge in [0.2, 0.25) is 11.8 Å². The van der Waals surface area contributed by atoms with Crippen LogP contribution in [0.2, 0.25) is 0 Å². The lowest BCUT2D eigenvalue weighted by molar-refractivity contribution is -0.131. The summed E-state index contributed by atoms with van der Waals surface area (Å²) in [4.78, 5) is 53.4. The van der Waals surface area contributed by atoms with Gasteiger partial charge in [-0.15, -0.1) is 0 Å². The molecule has 2 aromatic rings. The monoisotopic (exact) mass is 1010 g/mol. The highest BCUT2D eigenvalue weighted by Gasteiger charge is 2.62. The third-order valence-corrected chi connectivity index (χ3v) is 24.1. The van der Waals surface area contributed by atoms with Gasteiger partial charge in [0.1, 0.15) is 12.2 Å². The van der Waals surface area contributed by atoms with Crippen molar-refractivity contribution < 1.29 is 28.7 Å². The van der Waals surface area contributed by atoms with Crippen LogP contribution in [0.15, 0.2) is 58.7 Å². The van der Waals surface area contributed by atoms with Crippen LogP contribution in [0.3, 0.4) is 0 Å². The largest absolute Gasteiger partial charge is 0.459 e. The molecule has 14 heterocycles. The molecule has 0 aromatic heterocycles. The molecular weight excluding hydrogens is 921 g/mol. The molecule has 20 bridgehead atoms. The second kappa shape index (κ2) is 20.6. The van der Waals surface area contributed by atoms with Crippen LogP contribution in [0.5, 0.6) is 0 Å². The Morgan fingerprint density at radius 2 is 0.797 bits per heavy atom. The maximum Gasteiger partial charge on any atom is 0.338 e. The van der Waals surface area contributed by atoms with Crippen LogP contribution >= 0.6 is 0 Å². The standard InChI is InChI=1S/C64H88N4O6/c1-39-7-25-57(69)67-65-37-41-9-13-43(14-10-41)59(71)74-48-28-32-62(4)46(36-48)18-20-50-54-24-22-52(64(54,6)34-30-56(50)62)40(2)8-26-58(70)68-66-38-42-11-15-44(16-12-42)60(72)73-47-27-31-61(3)45(35-47)17-19-49-53-23-21-51(39)63(53,5)33-29-55(49)61/h9-16,37-40,45-56H,7-8,17-36H2,1-6H3,(H,67,69)(H,68,70)/b65-37+,66-38+/t39-,40-,45-,46-,47-,48-,49+,50+,51-,52-,53+,54+,55+,56+,61+,62+,63-,64-/m1/s1. The molecule has 0 saturated heterocycles. The van der Waals surface area contributed by atoms with Crippen molar-refractivity contribution in [2.45, 2.75) is 195 Å². The van der Waals surface area contributed by atoms with Crippen LogP contribution in [0.4, 0.5) is 0 Å². The summed E-state index contributed by atoms with van der Waals surface area (Å²) in [6, 6.07) is 14.8. The quantitative estimate of drug-likeness (QED) is 0.252. The summed E-state index contributed by atoms with van der Waals surface area (Å²) < 4.78 is 12.5. The molecule has 8 fully saturated rings. The first-order valence-electron chi connectivity index (χ1n) is 29.8. The molecule has 8 saturated carbocycles. The highest BCUT2D eigenvalue weighted by atomic mass is 16.5. The summed E-state index contributed by atoms with van der Waals surface area (Å²) in [6.45, 7) is 15.1. The molecule has 8 aliphatic carbocycles. The number of esters is 2. The minimum absolute atomic E-state index is 0.0492. The number of nitrogens with one attached hydrogen (secondary N) is 2. The van der Waals surface area contributed by atoms with E-state index in [-0.39, 0.29) is 46.8 Å². The van der Waals surface area contributed by atoms with Gasteiger partial charge < -0.3 is 9.47 Å². The average molecular weight is 1010 g/mol. The van der Waals surface area contributed by atoms with Crippen molar-refractivity contribution in [3.05, 3.63) is 70.8 Å². The molecule has 2 aromatic carbocycles. The maximum absolute atomic E-state index is 13.5. The Labute approximate surface area is 442 Å². The third-order valence-electron chi connectivity index (χ3n) is 24.1. The van der Waals surface area contributed by atoms with Gasteiger partial charge in [-0.2, -0.15) is 10.2 Å². The Morgan fingerprint density at radius 1 is 0.432 bits per heavy atom. The summed E-state index contributed by atoms with van der Waals surface area (Å²) in [5.74, 6) is 7.07. The van der Waals surface area contributed by atoms with Crippen LogP contribution in [0.25, 0.3) is 0 Å². The van der Waals surface area contributed by atoms with Gasteiger partial charge in [-0.05, 0) is 256 Å². The van der Waals surface area contributed by atoms with E-state index in [1.165, 1.54) is 77.0 Å². The van der Waals surface area contributed by atoms with Crippen molar-refractivity contribution in [1.29, 1.82) is 0 Å². The number of hydrogen-bond donors (Lipinski definition) is 2. The molecule has 2 amide bonds. The molecule has 24 rings (SSSR count). The number of rotatable bonds is 0. The number of hydrogen-bond acceptors (Lipinski definition) is 8. The molecule has 0 unspecified atom stereocenters. The molecule has 74 heavy (non-hydrogen) atoms. The Balaban J connectivity index is 0.757. The molecule has 2 N–H and O–H groups in total. The van der Waals surface area contributed by atoms with E-state index < -0.39 is 0 Å². The lowest BCUT2D eigenvalue weighted by atomic mass is 9.44. The Kier molecular flexibility index (Phi) is 14.4. The summed E-state index contributed by atoms with van der Waals surface area (Å²) >= 11 is 0. The number of carbonyl (C=O) groups excluding carboxylic acids is 4. The van der Waals surface area contributed by atoms with Crippen molar-refractivity contribution in [1.82, 2.24) is 10.9 Å². The Morgan fingerprint density at radius 3 is 1.20 bits per heavy atom. The van der Waals surface area contributed by atoms with Gasteiger partial charge >= 0.3 is 11.9 Å². The van der Waals surface area contributed by atoms with Crippen molar-refractivity contribution in [2.24, 2.45) is 103 Å². The first-order chi connectivity index (χ1) is 35.6. The zero-order valence-electron chi connectivity index (χ0n) is 45.8. The van der Waals surface area contributed by atoms with Crippen LogP contribution in [0.1, 0.15) is 215 Å². The lowest BCUT2D eigenvalue weighted by Crippen LogP contribution is -2.54. The van der Waals surface area contributed by atoms with E-state index in [9.17, 15) is 19.2 Å². The van der Waals surface area contributed by atoms with Gasteiger partial charge in [-0.3, -0.25) is 9.59 Å². The van der Waals surface area contributed by atoms with E-state index in [0.717, 1.165) is 86.2 Å². The first-order valence-corrected chi connectivity index (χ1v) is 29.8. The predicted octanol–water partition coefficient (Wildman–Crippen LogP) is 13.5. The fraction of sp³-hybridized carbons (Fsp3) is 0.719. The molecule has 0 radical (unpaired) electrons. The number of carbonyl (C=O) groups is 4. The van der Waals surface area contributed by atoms with Crippen LogP contribution in [0, 0.1) is 92.7 Å². The van der Waals surface area contributed by atoms with Crippen LogP contribution < -0.4 is 10.9 Å². The van der Waals surface area contributed by atoms with Gasteiger partial charge in [0.05, 0.1) is 23.6 Å². The lowest BCUT2D eigenvalue weighted by Gasteiger charge is -2.61. The Bertz CT molecular complexity index is 2300. The van der Waals surface area contributed by atoms with E-state index in [1.54, 1.807) is 12.4 Å². The molecule has 10 nitrogen and oxygen atoms in total. The molecular formula is C64H88N4O6. The number of nitrogens with zero attached hydrogens (tertiary/aromatic N) is 2. The van der Waals surface area contributed by atoms with E-state index in [4.69, 9.17) is 9.47 Å². The molecule has 10 heteroatoms. The minimum atomic E-state index is -0.251. The van der Waals surface area contributed by atoms with E-state index >= 15 is 0 Å². The van der Waals surface area contributed by atoms with Crippen LogP contribution in [-0.2, 0) is 19.1 Å². The average Bonchev–Trinajstić information content (AvgIpc) is 3.94. The van der Waals surface area contributed by atoms with Gasteiger partial charge in [-0.25, -0.2) is 20.4 Å². The number of ether oxygens (including phenoxy) is 2. The maximum atomic E-state index is 13.5. The molecule has 22 aliphatic rings. The zero-order valence-corrected chi connectivity index (χ0v) is 45.8. The molecule has 400 valence electrons. The second-order valence-corrected chi connectivity index (χ2v) is 27.2. The van der Waals surface area contributed by atoms with Crippen molar-refractivity contribution in [2.75, 3.05) is 0 Å². The highest BCUT2D eigenvalue weighted by Crippen LogP contribution is 2.70. The molecule has 18 atom stereocenters. The predicted molar refractivity (Wildman–Crippen MR) is 290 cm³/mol. The van der Waals surface area contributed by atoms with Gasteiger partial charge in [0, 0.05) is 12.8 Å². The summed E-state index contributed by atoms with van der Waals surface area (Å²) in [7, 11) is 0. The summed E-state index contributed by atoms with van der Waals surface area (Å²) in [5, 5.41) is 8.65. The van der Waals surface area contributed by atoms with Crippen LogP contribution in [-0.4, -0.2) is 48.4 Å². The summed E-state index contributed by atoms with van der Waals surface area (Å²) in [5.41, 5.74) is 9.51. The summed E-state index contributed by atoms with van der Waals surface area (Å²) in [6.07, 6.45) is 26.9. The van der Waals surface area contributed by atoms with Gasteiger partial charge in [-0.1, -0.05) is 65.8 Å². The molecule has 14 aliphatic heterocycles. The first kappa shape index (κ1) is 51.8. The number of hydrazone groups is 2. The molecule has 0 spiro atoms.